The van der Waals surface area contributed by atoms with Crippen molar-refractivity contribution in [1.29, 1.82) is 0 Å². The molecule has 1 fully saturated rings. The molecule has 0 unspecified atom stereocenters. The minimum absolute atomic E-state index is 0.0433. The summed E-state index contributed by atoms with van der Waals surface area (Å²) in [7, 11) is 1.61. The van der Waals surface area contributed by atoms with E-state index >= 15 is 0 Å². The smallest absolute Gasteiger partial charge is 0.243 e. The van der Waals surface area contributed by atoms with Gasteiger partial charge < -0.3 is 15.0 Å². The zero-order valence-electron chi connectivity index (χ0n) is 13.9. The molecule has 5 nitrogen and oxygen atoms in total. The molecular weight excluding hydrogens is 312 g/mol. The van der Waals surface area contributed by atoms with Gasteiger partial charge in [0.25, 0.3) is 0 Å². The zero-order chi connectivity index (χ0) is 16.8. The summed E-state index contributed by atoms with van der Waals surface area (Å²) in [6, 6.07) is 7.21. The largest absolute Gasteiger partial charge is 0.496 e. The number of nitrogens with zero attached hydrogens (tertiary/aromatic N) is 1. The molecule has 1 N–H and O–H groups in total. The van der Waals surface area contributed by atoms with Gasteiger partial charge in [-0.25, -0.2) is 0 Å². The number of hydrogen-bond donors (Lipinski definition) is 1. The predicted octanol–water partition coefficient (Wildman–Crippen LogP) is 2.26. The Bertz CT molecular complexity index is 565. The Hall–Kier alpha value is -1.69. The summed E-state index contributed by atoms with van der Waals surface area (Å²) in [6.07, 6.45) is 0.787. The van der Waals surface area contributed by atoms with Crippen molar-refractivity contribution in [2.75, 3.05) is 18.7 Å². The molecule has 0 bridgehead atoms. The van der Waals surface area contributed by atoms with Gasteiger partial charge in [0.15, 0.2) is 0 Å². The first-order chi connectivity index (χ1) is 11.1. The topological polar surface area (TPSA) is 58.6 Å². The summed E-state index contributed by atoms with van der Waals surface area (Å²) >= 11 is 1.62. The molecule has 0 saturated carbocycles. The number of carbonyl (C=O) groups excluding carboxylic acids is 2. The van der Waals surface area contributed by atoms with E-state index < -0.39 is 0 Å². The summed E-state index contributed by atoms with van der Waals surface area (Å²) in [4.78, 5) is 26.6. The predicted molar refractivity (Wildman–Crippen MR) is 92.3 cm³/mol. The molecule has 23 heavy (non-hydrogen) atoms. The van der Waals surface area contributed by atoms with Crippen molar-refractivity contribution in [3.8, 4) is 5.75 Å². The fraction of sp³-hybridized carbons (Fsp3) is 0.529. The third-order valence-electron chi connectivity index (χ3n) is 4.15. The van der Waals surface area contributed by atoms with Crippen LogP contribution in [0.3, 0.4) is 0 Å². The van der Waals surface area contributed by atoms with E-state index in [-0.39, 0.29) is 23.8 Å². The quantitative estimate of drug-likeness (QED) is 0.866. The second kappa shape index (κ2) is 8.24. The Morgan fingerprint density at radius 2 is 2.17 bits per heavy atom. The number of rotatable bonds is 6. The highest BCUT2D eigenvalue weighted by Gasteiger charge is 2.35. The Balaban J connectivity index is 1.98. The summed E-state index contributed by atoms with van der Waals surface area (Å²) in [5.41, 5.74) is 0.925. The van der Waals surface area contributed by atoms with Crippen LogP contribution in [0.1, 0.15) is 25.8 Å². The lowest BCUT2D eigenvalue weighted by atomic mass is 10.1. The number of methoxy groups -OCH3 is 1. The summed E-state index contributed by atoms with van der Waals surface area (Å²) in [5.74, 6) is 1.92. The molecule has 2 rings (SSSR count). The molecular formula is C17H24N2O3S. The lowest BCUT2D eigenvalue weighted by Gasteiger charge is -2.25. The molecule has 2 amide bonds. The fourth-order valence-electron chi connectivity index (χ4n) is 2.48. The number of thioether (sulfide) groups is 1. The van der Waals surface area contributed by atoms with Gasteiger partial charge in [0.1, 0.15) is 11.8 Å². The summed E-state index contributed by atoms with van der Waals surface area (Å²) in [6.45, 7) is 4.30. The lowest BCUT2D eigenvalue weighted by molar-refractivity contribution is -0.140. The minimum Gasteiger partial charge on any atom is -0.496 e. The van der Waals surface area contributed by atoms with Crippen molar-refractivity contribution in [2.24, 2.45) is 5.92 Å². The number of hydrogen-bond acceptors (Lipinski definition) is 4. The van der Waals surface area contributed by atoms with Crippen LogP contribution in [-0.2, 0) is 16.1 Å². The van der Waals surface area contributed by atoms with Gasteiger partial charge in [0.2, 0.25) is 11.8 Å². The molecule has 1 heterocycles. The number of amides is 2. The van der Waals surface area contributed by atoms with Gasteiger partial charge in [-0.15, -0.1) is 11.8 Å². The van der Waals surface area contributed by atoms with E-state index in [0.717, 1.165) is 17.7 Å². The van der Waals surface area contributed by atoms with Crippen molar-refractivity contribution in [3.63, 3.8) is 0 Å². The van der Waals surface area contributed by atoms with E-state index in [1.807, 2.05) is 38.1 Å². The normalized spacial score (nSPS) is 18.6. The van der Waals surface area contributed by atoms with Crippen molar-refractivity contribution in [1.82, 2.24) is 10.2 Å². The third kappa shape index (κ3) is 4.19. The van der Waals surface area contributed by atoms with Crippen LogP contribution in [0.4, 0.5) is 0 Å². The van der Waals surface area contributed by atoms with Crippen LogP contribution in [0.2, 0.25) is 0 Å². The van der Waals surface area contributed by atoms with Gasteiger partial charge in [-0.2, -0.15) is 0 Å². The third-order valence-corrected chi connectivity index (χ3v) is 5.16. The van der Waals surface area contributed by atoms with Gasteiger partial charge in [0.05, 0.1) is 13.0 Å². The Morgan fingerprint density at radius 3 is 2.87 bits per heavy atom. The van der Waals surface area contributed by atoms with Crippen molar-refractivity contribution in [3.05, 3.63) is 29.8 Å². The second-order valence-electron chi connectivity index (χ2n) is 5.66. The molecule has 126 valence electrons. The molecule has 2 atom stereocenters. The first kappa shape index (κ1) is 17.7. The SMILES string of the molecule is CC[C@@H](C)C(=O)N1CSC[C@H]1C(=O)NCc1ccccc1OC. The second-order valence-corrected chi connectivity index (χ2v) is 6.66. The van der Waals surface area contributed by atoms with Gasteiger partial charge in [-0.1, -0.05) is 32.0 Å². The molecule has 1 saturated heterocycles. The molecule has 1 aromatic rings. The number of carbonyl (C=O) groups is 2. The molecule has 6 heteroatoms. The molecule has 0 aliphatic carbocycles. The minimum atomic E-state index is -0.379. The van der Waals surface area contributed by atoms with Crippen LogP contribution >= 0.6 is 11.8 Å². The number of benzene rings is 1. The number of ether oxygens (including phenoxy) is 1. The maximum absolute atomic E-state index is 12.5. The standard InChI is InChI=1S/C17H24N2O3S/c1-4-12(2)17(21)19-11-23-10-14(19)16(20)18-9-13-7-5-6-8-15(13)22-3/h5-8,12,14H,4,9-11H2,1-3H3,(H,18,20)/t12-,14+/m1/s1. The number of nitrogens with one attached hydrogen (secondary N) is 1. The van der Waals surface area contributed by atoms with E-state index in [2.05, 4.69) is 5.32 Å². The van der Waals surface area contributed by atoms with Crippen molar-refractivity contribution >= 4 is 23.6 Å². The van der Waals surface area contributed by atoms with Crippen LogP contribution in [-0.4, -0.2) is 41.5 Å². The van der Waals surface area contributed by atoms with Gasteiger partial charge >= 0.3 is 0 Å². The molecule has 0 spiro atoms. The van der Waals surface area contributed by atoms with Crippen LogP contribution in [0, 0.1) is 5.92 Å². The summed E-state index contributed by atoms with van der Waals surface area (Å²) in [5, 5.41) is 2.93. The summed E-state index contributed by atoms with van der Waals surface area (Å²) < 4.78 is 5.29. The number of para-hydroxylation sites is 1. The van der Waals surface area contributed by atoms with Gasteiger partial charge in [-0.05, 0) is 12.5 Å². The van der Waals surface area contributed by atoms with Crippen LogP contribution in [0.25, 0.3) is 0 Å². The molecule has 1 aliphatic rings. The molecule has 0 radical (unpaired) electrons. The lowest BCUT2D eigenvalue weighted by Crippen LogP contribution is -2.48. The van der Waals surface area contributed by atoms with E-state index in [9.17, 15) is 9.59 Å². The van der Waals surface area contributed by atoms with Crippen LogP contribution < -0.4 is 10.1 Å². The monoisotopic (exact) mass is 336 g/mol. The average molecular weight is 336 g/mol. The maximum atomic E-state index is 12.5. The highest BCUT2D eigenvalue weighted by atomic mass is 32.2. The van der Waals surface area contributed by atoms with E-state index in [0.29, 0.717) is 18.2 Å². The van der Waals surface area contributed by atoms with Crippen LogP contribution in [0.15, 0.2) is 24.3 Å². The van der Waals surface area contributed by atoms with Crippen molar-refractivity contribution < 1.29 is 14.3 Å². The first-order valence-electron chi connectivity index (χ1n) is 7.86. The average Bonchev–Trinajstić information content (AvgIpc) is 3.08. The Labute approximate surface area is 141 Å². The van der Waals surface area contributed by atoms with Crippen LogP contribution in [0.5, 0.6) is 5.75 Å². The van der Waals surface area contributed by atoms with Gasteiger partial charge in [0, 0.05) is 23.8 Å². The molecule has 0 aromatic heterocycles. The highest BCUT2D eigenvalue weighted by molar-refractivity contribution is 7.99. The zero-order valence-corrected chi connectivity index (χ0v) is 14.7. The van der Waals surface area contributed by atoms with E-state index in [1.165, 1.54) is 0 Å². The van der Waals surface area contributed by atoms with Crippen molar-refractivity contribution in [2.45, 2.75) is 32.9 Å². The fourth-order valence-corrected chi connectivity index (χ4v) is 3.65. The molecule has 1 aromatic carbocycles. The van der Waals surface area contributed by atoms with E-state index in [1.54, 1.807) is 23.8 Å². The Kier molecular flexibility index (Phi) is 6.33. The highest BCUT2D eigenvalue weighted by Crippen LogP contribution is 2.24. The van der Waals surface area contributed by atoms with Gasteiger partial charge in [-0.3, -0.25) is 9.59 Å². The Morgan fingerprint density at radius 1 is 1.43 bits per heavy atom. The maximum Gasteiger partial charge on any atom is 0.243 e. The van der Waals surface area contributed by atoms with E-state index in [4.69, 9.17) is 4.74 Å². The molecule has 1 aliphatic heterocycles. The first-order valence-corrected chi connectivity index (χ1v) is 9.01.